The number of halogens is 4. The fraction of sp³-hybridized carbons (Fsp3) is 0.273. The van der Waals surface area contributed by atoms with E-state index in [0.29, 0.717) is 5.56 Å². The summed E-state index contributed by atoms with van der Waals surface area (Å²) in [4.78, 5) is 2.94. The van der Waals surface area contributed by atoms with E-state index in [-0.39, 0.29) is 12.4 Å². The quantitative estimate of drug-likeness (QED) is 0.856. The molecule has 0 aliphatic rings. The molecule has 1 aromatic heterocycles. The normalized spacial score (nSPS) is 13.4. The molecule has 94 valence electrons. The summed E-state index contributed by atoms with van der Waals surface area (Å²) in [6, 6.07) is 5.86. The molecule has 1 atom stereocenters. The molecule has 0 aliphatic carbocycles. The van der Waals surface area contributed by atoms with E-state index in [9.17, 15) is 13.2 Å². The number of rotatable bonds is 2. The molecule has 2 aromatic rings. The van der Waals surface area contributed by atoms with E-state index in [0.717, 1.165) is 10.9 Å². The van der Waals surface area contributed by atoms with E-state index in [1.165, 1.54) is 0 Å². The van der Waals surface area contributed by atoms with Gasteiger partial charge in [-0.3, -0.25) is 0 Å². The zero-order valence-electron chi connectivity index (χ0n) is 8.79. The smallest absolute Gasteiger partial charge is 0.361 e. The van der Waals surface area contributed by atoms with Crippen LogP contribution in [0.3, 0.4) is 0 Å². The number of hydrogen-bond acceptors (Lipinski definition) is 1. The Labute approximate surface area is 102 Å². The first-order chi connectivity index (χ1) is 7.47. The minimum absolute atomic E-state index is 0. The van der Waals surface area contributed by atoms with Crippen molar-refractivity contribution in [3.63, 3.8) is 0 Å². The molecule has 0 unspecified atom stereocenters. The van der Waals surface area contributed by atoms with E-state index < -0.39 is 18.6 Å². The predicted octanol–water partition coefficient (Wildman–Crippen LogP) is 3.54. The minimum atomic E-state index is -4.24. The maximum atomic E-state index is 12.2. The van der Waals surface area contributed by atoms with Crippen molar-refractivity contribution in [1.29, 1.82) is 0 Å². The van der Waals surface area contributed by atoms with Gasteiger partial charge in [0.25, 0.3) is 0 Å². The molecule has 0 amide bonds. The Kier molecular flexibility index (Phi) is 4.06. The van der Waals surface area contributed by atoms with Crippen molar-refractivity contribution in [2.75, 3.05) is 0 Å². The number of aromatic nitrogens is 1. The summed E-state index contributed by atoms with van der Waals surface area (Å²) >= 11 is 0. The number of nitrogens with one attached hydrogen (secondary N) is 1. The monoisotopic (exact) mass is 264 g/mol. The van der Waals surface area contributed by atoms with Crippen LogP contribution in [0.5, 0.6) is 0 Å². The van der Waals surface area contributed by atoms with Crippen LogP contribution in [-0.4, -0.2) is 11.2 Å². The maximum absolute atomic E-state index is 12.2. The third-order valence-electron chi connectivity index (χ3n) is 2.48. The molecule has 0 fully saturated rings. The fourth-order valence-corrected chi connectivity index (χ4v) is 1.79. The van der Waals surface area contributed by atoms with Crippen LogP contribution in [0.25, 0.3) is 10.9 Å². The van der Waals surface area contributed by atoms with Crippen molar-refractivity contribution in [1.82, 2.24) is 4.98 Å². The molecule has 1 aromatic carbocycles. The van der Waals surface area contributed by atoms with Crippen molar-refractivity contribution in [3.05, 3.63) is 36.0 Å². The second kappa shape index (κ2) is 4.98. The van der Waals surface area contributed by atoms with Crippen molar-refractivity contribution in [2.45, 2.75) is 18.6 Å². The molecular formula is C11H12ClF3N2. The molecule has 0 spiro atoms. The lowest BCUT2D eigenvalue weighted by Gasteiger charge is -2.15. The summed E-state index contributed by atoms with van der Waals surface area (Å²) in [5.74, 6) is 0. The van der Waals surface area contributed by atoms with Gasteiger partial charge < -0.3 is 10.7 Å². The highest BCUT2D eigenvalue weighted by molar-refractivity contribution is 5.85. The number of hydrogen-bond donors (Lipinski definition) is 2. The SMILES string of the molecule is Cl.N[C@@H](CC(F)(F)F)c1cccc2[nH]ccc12. The summed E-state index contributed by atoms with van der Waals surface area (Å²) < 4.78 is 36.7. The van der Waals surface area contributed by atoms with E-state index in [2.05, 4.69) is 4.98 Å². The molecule has 1 heterocycles. The number of nitrogens with two attached hydrogens (primary N) is 1. The first-order valence-electron chi connectivity index (χ1n) is 4.86. The second-order valence-electron chi connectivity index (χ2n) is 3.71. The summed E-state index contributed by atoms with van der Waals surface area (Å²) in [5, 5.41) is 0.749. The Morgan fingerprint density at radius 1 is 1.24 bits per heavy atom. The highest BCUT2D eigenvalue weighted by atomic mass is 35.5. The molecule has 2 rings (SSSR count). The van der Waals surface area contributed by atoms with Crippen molar-refractivity contribution in [2.24, 2.45) is 5.73 Å². The van der Waals surface area contributed by atoms with E-state index in [1.807, 2.05) is 0 Å². The van der Waals surface area contributed by atoms with Crippen LogP contribution in [-0.2, 0) is 0 Å². The average Bonchev–Trinajstić information content (AvgIpc) is 2.61. The number of aromatic amines is 1. The highest BCUT2D eigenvalue weighted by Gasteiger charge is 2.31. The maximum Gasteiger partial charge on any atom is 0.390 e. The van der Waals surface area contributed by atoms with Gasteiger partial charge in [-0.1, -0.05) is 12.1 Å². The Morgan fingerprint density at radius 2 is 1.94 bits per heavy atom. The van der Waals surface area contributed by atoms with Crippen LogP contribution < -0.4 is 5.73 Å². The van der Waals surface area contributed by atoms with Gasteiger partial charge in [-0.05, 0) is 17.7 Å². The van der Waals surface area contributed by atoms with Crippen LogP contribution in [0.4, 0.5) is 13.2 Å². The number of alkyl halides is 3. The first kappa shape index (κ1) is 13.9. The molecular weight excluding hydrogens is 253 g/mol. The first-order valence-corrected chi connectivity index (χ1v) is 4.86. The van der Waals surface area contributed by atoms with Crippen LogP contribution in [0.15, 0.2) is 30.5 Å². The van der Waals surface area contributed by atoms with Gasteiger partial charge in [0.1, 0.15) is 0 Å². The molecule has 0 radical (unpaired) electrons. The third-order valence-corrected chi connectivity index (χ3v) is 2.48. The van der Waals surface area contributed by atoms with Gasteiger partial charge in [0.05, 0.1) is 6.42 Å². The van der Waals surface area contributed by atoms with Crippen LogP contribution in [0.2, 0.25) is 0 Å². The molecule has 2 nitrogen and oxygen atoms in total. The van der Waals surface area contributed by atoms with Crippen molar-refractivity contribution >= 4 is 23.3 Å². The van der Waals surface area contributed by atoms with Crippen LogP contribution >= 0.6 is 12.4 Å². The largest absolute Gasteiger partial charge is 0.390 e. The highest BCUT2D eigenvalue weighted by Crippen LogP contribution is 2.31. The Morgan fingerprint density at radius 3 is 2.59 bits per heavy atom. The molecule has 0 bridgehead atoms. The van der Waals surface area contributed by atoms with E-state index in [1.54, 1.807) is 30.5 Å². The molecule has 17 heavy (non-hydrogen) atoms. The lowest BCUT2D eigenvalue weighted by Crippen LogP contribution is -2.20. The average molecular weight is 265 g/mol. The topological polar surface area (TPSA) is 41.8 Å². The van der Waals surface area contributed by atoms with Crippen molar-refractivity contribution < 1.29 is 13.2 Å². The van der Waals surface area contributed by atoms with Gasteiger partial charge in [0, 0.05) is 23.1 Å². The van der Waals surface area contributed by atoms with E-state index in [4.69, 9.17) is 5.73 Å². The minimum Gasteiger partial charge on any atom is -0.361 e. The lowest BCUT2D eigenvalue weighted by molar-refractivity contribution is -0.138. The summed E-state index contributed by atoms with van der Waals surface area (Å²) in [6.07, 6.45) is -3.55. The molecule has 0 aliphatic heterocycles. The lowest BCUT2D eigenvalue weighted by atomic mass is 10.0. The van der Waals surface area contributed by atoms with Gasteiger partial charge in [-0.2, -0.15) is 13.2 Å². The number of benzene rings is 1. The third kappa shape index (κ3) is 3.14. The molecule has 0 saturated heterocycles. The van der Waals surface area contributed by atoms with Gasteiger partial charge in [0.15, 0.2) is 0 Å². The zero-order valence-corrected chi connectivity index (χ0v) is 9.61. The van der Waals surface area contributed by atoms with Gasteiger partial charge in [-0.25, -0.2) is 0 Å². The molecule has 6 heteroatoms. The predicted molar refractivity (Wildman–Crippen MR) is 63.1 cm³/mol. The van der Waals surface area contributed by atoms with Crippen LogP contribution in [0, 0.1) is 0 Å². The van der Waals surface area contributed by atoms with Crippen LogP contribution in [0.1, 0.15) is 18.0 Å². The molecule has 0 saturated carbocycles. The van der Waals surface area contributed by atoms with Crippen molar-refractivity contribution in [3.8, 4) is 0 Å². The Hall–Kier alpha value is -1.20. The second-order valence-corrected chi connectivity index (χ2v) is 3.71. The zero-order chi connectivity index (χ0) is 11.8. The van der Waals surface area contributed by atoms with Gasteiger partial charge in [0.2, 0.25) is 0 Å². The number of H-pyrrole nitrogens is 1. The van der Waals surface area contributed by atoms with E-state index >= 15 is 0 Å². The van der Waals surface area contributed by atoms with Gasteiger partial charge >= 0.3 is 6.18 Å². The Bertz CT molecular complexity index is 493. The van der Waals surface area contributed by atoms with Gasteiger partial charge in [-0.15, -0.1) is 12.4 Å². The number of fused-ring (bicyclic) bond motifs is 1. The summed E-state index contributed by atoms with van der Waals surface area (Å²) in [6.45, 7) is 0. The summed E-state index contributed by atoms with van der Waals surface area (Å²) in [7, 11) is 0. The summed E-state index contributed by atoms with van der Waals surface area (Å²) in [5.41, 5.74) is 6.90. The fourth-order valence-electron chi connectivity index (χ4n) is 1.79. The standard InChI is InChI=1S/C11H11F3N2.ClH/c12-11(13,14)6-9(15)7-2-1-3-10-8(7)4-5-16-10;/h1-5,9,16H,6,15H2;1H/t9-;/m0./s1. The molecule has 3 N–H and O–H groups in total. The Balaban J connectivity index is 0.00000144.